The Labute approximate surface area is 77.7 Å². The molecule has 0 atom stereocenters. The highest BCUT2D eigenvalue weighted by Gasteiger charge is 1.93. The first kappa shape index (κ1) is 9.80. The summed E-state index contributed by atoms with van der Waals surface area (Å²) in [4.78, 5) is 3.85. The summed E-state index contributed by atoms with van der Waals surface area (Å²) in [5.74, 6) is 1.20. The molecule has 0 fully saturated rings. The Bertz CT molecular complexity index is 253. The van der Waals surface area contributed by atoms with Crippen molar-refractivity contribution in [2.24, 2.45) is 0 Å². The van der Waals surface area contributed by atoms with Crippen molar-refractivity contribution in [3.8, 4) is 5.75 Å². The van der Waals surface area contributed by atoms with Crippen LogP contribution in [-0.4, -0.2) is 24.8 Å². The second-order valence-electron chi connectivity index (χ2n) is 2.46. The molecule has 0 saturated heterocycles. The molecule has 1 rings (SSSR count). The lowest BCUT2D eigenvalue weighted by molar-refractivity contribution is 0.110. The van der Waals surface area contributed by atoms with E-state index in [1.165, 1.54) is 0 Å². The molecule has 1 heterocycles. The standard InChI is InChI=1S/C9H14N2O2/c1-2-12-5-6-13-8-3-4-11-9(10)7-8/h3-4,7H,2,5-6H2,1H3,(H2,10,11). The highest BCUT2D eigenvalue weighted by Crippen LogP contribution is 2.11. The third-order valence-corrected chi connectivity index (χ3v) is 1.45. The molecule has 0 unspecified atom stereocenters. The summed E-state index contributed by atoms with van der Waals surface area (Å²) in [7, 11) is 0. The zero-order valence-electron chi connectivity index (χ0n) is 7.69. The van der Waals surface area contributed by atoms with Gasteiger partial charge in [0.1, 0.15) is 18.2 Å². The van der Waals surface area contributed by atoms with Crippen molar-refractivity contribution in [1.82, 2.24) is 4.98 Å². The van der Waals surface area contributed by atoms with Crippen molar-refractivity contribution < 1.29 is 9.47 Å². The number of rotatable bonds is 5. The Kier molecular flexibility index (Phi) is 4.05. The fourth-order valence-electron chi connectivity index (χ4n) is 0.880. The second kappa shape index (κ2) is 5.37. The van der Waals surface area contributed by atoms with Crippen LogP contribution < -0.4 is 10.5 Å². The van der Waals surface area contributed by atoms with Crippen LogP contribution >= 0.6 is 0 Å². The first-order valence-electron chi connectivity index (χ1n) is 4.25. The molecule has 0 aromatic carbocycles. The number of pyridine rings is 1. The predicted octanol–water partition coefficient (Wildman–Crippen LogP) is 1.08. The minimum atomic E-state index is 0.467. The third kappa shape index (κ3) is 3.75. The lowest BCUT2D eigenvalue weighted by Gasteiger charge is -2.05. The molecule has 0 radical (unpaired) electrons. The molecular formula is C9H14N2O2. The summed E-state index contributed by atoms with van der Waals surface area (Å²) in [5, 5.41) is 0. The van der Waals surface area contributed by atoms with Crippen LogP contribution in [0.2, 0.25) is 0 Å². The first-order chi connectivity index (χ1) is 6.33. The van der Waals surface area contributed by atoms with Gasteiger partial charge >= 0.3 is 0 Å². The Hall–Kier alpha value is -1.29. The van der Waals surface area contributed by atoms with Crippen LogP contribution in [0.4, 0.5) is 5.82 Å². The molecule has 0 aliphatic carbocycles. The lowest BCUT2D eigenvalue weighted by Crippen LogP contribution is -2.06. The summed E-state index contributed by atoms with van der Waals surface area (Å²) < 4.78 is 10.5. The van der Waals surface area contributed by atoms with E-state index in [1.807, 2.05) is 6.92 Å². The zero-order valence-corrected chi connectivity index (χ0v) is 7.69. The van der Waals surface area contributed by atoms with Crippen LogP contribution in [0.1, 0.15) is 6.92 Å². The van der Waals surface area contributed by atoms with E-state index in [4.69, 9.17) is 15.2 Å². The number of nitrogens with two attached hydrogens (primary N) is 1. The van der Waals surface area contributed by atoms with Crippen LogP contribution in [0.3, 0.4) is 0 Å². The molecule has 0 aliphatic heterocycles. The van der Waals surface area contributed by atoms with Gasteiger partial charge in [0.25, 0.3) is 0 Å². The number of nitrogens with zero attached hydrogens (tertiary/aromatic N) is 1. The average molecular weight is 182 g/mol. The Morgan fingerprint density at radius 3 is 3.00 bits per heavy atom. The highest BCUT2D eigenvalue weighted by atomic mass is 16.5. The highest BCUT2D eigenvalue weighted by molar-refractivity contribution is 5.35. The molecule has 0 spiro atoms. The number of hydrogen-bond donors (Lipinski definition) is 1. The van der Waals surface area contributed by atoms with Crippen LogP contribution in [0.25, 0.3) is 0 Å². The van der Waals surface area contributed by atoms with Crippen molar-refractivity contribution in [3.63, 3.8) is 0 Å². The van der Waals surface area contributed by atoms with Crippen molar-refractivity contribution in [1.29, 1.82) is 0 Å². The van der Waals surface area contributed by atoms with E-state index in [0.29, 0.717) is 25.6 Å². The van der Waals surface area contributed by atoms with Gasteiger partial charge in [0.15, 0.2) is 0 Å². The summed E-state index contributed by atoms with van der Waals surface area (Å²) in [5.41, 5.74) is 5.47. The quantitative estimate of drug-likeness (QED) is 0.692. The molecule has 1 aromatic rings. The maximum atomic E-state index is 5.47. The molecule has 13 heavy (non-hydrogen) atoms. The molecule has 0 bridgehead atoms. The maximum Gasteiger partial charge on any atom is 0.126 e. The summed E-state index contributed by atoms with van der Waals surface area (Å²) >= 11 is 0. The molecule has 4 heteroatoms. The summed E-state index contributed by atoms with van der Waals surface area (Å²) in [6.07, 6.45) is 1.62. The minimum absolute atomic E-state index is 0.467. The first-order valence-corrected chi connectivity index (χ1v) is 4.25. The summed E-state index contributed by atoms with van der Waals surface area (Å²) in [6.45, 7) is 3.79. The van der Waals surface area contributed by atoms with Gasteiger partial charge in [0.2, 0.25) is 0 Å². The summed E-state index contributed by atoms with van der Waals surface area (Å²) in [6, 6.07) is 3.45. The van der Waals surface area contributed by atoms with Gasteiger partial charge in [-0.3, -0.25) is 0 Å². The van der Waals surface area contributed by atoms with E-state index in [1.54, 1.807) is 18.3 Å². The fourth-order valence-corrected chi connectivity index (χ4v) is 0.880. The van der Waals surface area contributed by atoms with Gasteiger partial charge in [0.05, 0.1) is 6.61 Å². The molecule has 2 N–H and O–H groups in total. The zero-order chi connectivity index (χ0) is 9.52. The van der Waals surface area contributed by atoms with Crippen LogP contribution in [0, 0.1) is 0 Å². The van der Waals surface area contributed by atoms with E-state index in [-0.39, 0.29) is 0 Å². The maximum absolute atomic E-state index is 5.47. The molecule has 0 amide bonds. The second-order valence-corrected chi connectivity index (χ2v) is 2.46. The largest absolute Gasteiger partial charge is 0.491 e. The molecule has 72 valence electrons. The van der Waals surface area contributed by atoms with Crippen LogP contribution in [0.5, 0.6) is 5.75 Å². The molecule has 4 nitrogen and oxygen atoms in total. The third-order valence-electron chi connectivity index (χ3n) is 1.45. The van der Waals surface area contributed by atoms with Crippen molar-refractivity contribution >= 4 is 5.82 Å². The molecule has 0 aliphatic rings. The fraction of sp³-hybridized carbons (Fsp3) is 0.444. The Morgan fingerprint density at radius 2 is 2.31 bits per heavy atom. The minimum Gasteiger partial charge on any atom is -0.491 e. The van der Waals surface area contributed by atoms with E-state index in [9.17, 15) is 0 Å². The number of aromatic nitrogens is 1. The average Bonchev–Trinajstić information content (AvgIpc) is 2.13. The van der Waals surface area contributed by atoms with E-state index >= 15 is 0 Å². The predicted molar refractivity (Wildman–Crippen MR) is 50.6 cm³/mol. The topological polar surface area (TPSA) is 57.4 Å². The normalized spacial score (nSPS) is 9.92. The van der Waals surface area contributed by atoms with Gasteiger partial charge in [-0.05, 0) is 13.0 Å². The molecule has 0 saturated carbocycles. The van der Waals surface area contributed by atoms with E-state index < -0.39 is 0 Å². The Morgan fingerprint density at radius 1 is 1.46 bits per heavy atom. The van der Waals surface area contributed by atoms with Crippen molar-refractivity contribution in [2.45, 2.75) is 6.92 Å². The number of hydrogen-bond acceptors (Lipinski definition) is 4. The lowest BCUT2D eigenvalue weighted by atomic mass is 10.4. The van der Waals surface area contributed by atoms with Crippen LogP contribution in [-0.2, 0) is 4.74 Å². The Balaban J connectivity index is 2.28. The molecule has 1 aromatic heterocycles. The SMILES string of the molecule is CCOCCOc1ccnc(N)c1. The molecular weight excluding hydrogens is 168 g/mol. The van der Waals surface area contributed by atoms with Gasteiger partial charge in [-0.25, -0.2) is 4.98 Å². The number of nitrogen functional groups attached to an aromatic ring is 1. The monoisotopic (exact) mass is 182 g/mol. The van der Waals surface area contributed by atoms with E-state index in [0.717, 1.165) is 5.75 Å². The van der Waals surface area contributed by atoms with Gasteiger partial charge in [-0.15, -0.1) is 0 Å². The van der Waals surface area contributed by atoms with Crippen molar-refractivity contribution in [3.05, 3.63) is 18.3 Å². The van der Waals surface area contributed by atoms with E-state index in [2.05, 4.69) is 4.98 Å². The van der Waals surface area contributed by atoms with Gasteiger partial charge in [-0.1, -0.05) is 0 Å². The number of ether oxygens (including phenoxy) is 2. The number of anilines is 1. The van der Waals surface area contributed by atoms with Crippen molar-refractivity contribution in [2.75, 3.05) is 25.6 Å². The van der Waals surface area contributed by atoms with Gasteiger partial charge in [-0.2, -0.15) is 0 Å². The van der Waals surface area contributed by atoms with Gasteiger partial charge in [0, 0.05) is 18.9 Å². The smallest absolute Gasteiger partial charge is 0.126 e. The van der Waals surface area contributed by atoms with Crippen LogP contribution in [0.15, 0.2) is 18.3 Å². The van der Waals surface area contributed by atoms with Gasteiger partial charge < -0.3 is 15.2 Å².